The Labute approximate surface area is 144 Å². The van der Waals surface area contributed by atoms with Crippen LogP contribution in [0.3, 0.4) is 0 Å². The van der Waals surface area contributed by atoms with Crippen LogP contribution in [0.2, 0.25) is 0 Å². The third kappa shape index (κ3) is 10.4. The Kier molecular flexibility index (Phi) is 12.2. The quantitative estimate of drug-likeness (QED) is 0.321. The summed E-state index contributed by atoms with van der Waals surface area (Å²) in [5, 5.41) is 19.5. The smallest absolute Gasteiger partial charge is 0.333 e. The molecule has 6 nitrogen and oxygen atoms in total. The monoisotopic (exact) mass is 344 g/mol. The van der Waals surface area contributed by atoms with Gasteiger partial charge in [-0.05, 0) is 12.8 Å². The number of rotatable bonds is 12. The Hall–Kier alpha value is -1.40. The predicted molar refractivity (Wildman–Crippen MR) is 90.7 cm³/mol. The van der Waals surface area contributed by atoms with E-state index < -0.39 is 24.5 Å². The highest BCUT2D eigenvalue weighted by molar-refractivity contribution is 5.91. The first-order valence-corrected chi connectivity index (χ1v) is 8.77. The van der Waals surface area contributed by atoms with Crippen LogP contribution in [-0.2, 0) is 19.1 Å². The lowest BCUT2D eigenvalue weighted by molar-refractivity contribution is -0.173. The van der Waals surface area contributed by atoms with E-state index in [4.69, 9.17) is 9.47 Å². The molecule has 0 rings (SSSR count). The number of ether oxygens (including phenoxy) is 2. The molecule has 0 spiro atoms. The van der Waals surface area contributed by atoms with E-state index in [1.54, 1.807) is 13.8 Å². The van der Waals surface area contributed by atoms with Gasteiger partial charge in [-0.3, -0.25) is 0 Å². The molecule has 24 heavy (non-hydrogen) atoms. The van der Waals surface area contributed by atoms with E-state index in [2.05, 4.69) is 0 Å². The zero-order valence-corrected chi connectivity index (χ0v) is 15.2. The lowest BCUT2D eigenvalue weighted by Crippen LogP contribution is -2.25. The Bertz CT molecular complexity index is 357. The molecule has 6 heteroatoms. The number of aliphatic hydroxyl groups is 2. The second kappa shape index (κ2) is 13.0. The van der Waals surface area contributed by atoms with Crippen molar-refractivity contribution in [2.75, 3.05) is 0 Å². The van der Waals surface area contributed by atoms with E-state index >= 15 is 0 Å². The molecular formula is C18H32O6. The van der Waals surface area contributed by atoms with Crippen LogP contribution >= 0.6 is 0 Å². The number of hydrogen-bond acceptors (Lipinski definition) is 6. The zero-order valence-electron chi connectivity index (χ0n) is 15.2. The number of hydrogen-bond donors (Lipinski definition) is 2. The van der Waals surface area contributed by atoms with E-state index in [-0.39, 0.29) is 11.8 Å². The third-order valence-electron chi connectivity index (χ3n) is 3.83. The minimum atomic E-state index is -1.20. The van der Waals surface area contributed by atoms with Crippen LogP contribution in [-0.4, -0.2) is 34.7 Å². The molecule has 0 saturated heterocycles. The van der Waals surface area contributed by atoms with Gasteiger partial charge < -0.3 is 19.7 Å². The van der Waals surface area contributed by atoms with Gasteiger partial charge in [0.05, 0.1) is 0 Å². The molecule has 0 aliphatic rings. The molecule has 0 fully saturated rings. The van der Waals surface area contributed by atoms with E-state index in [0.717, 1.165) is 50.7 Å². The Balaban J connectivity index is 4.22. The molecule has 0 bridgehead atoms. The molecule has 0 aromatic heterocycles. The van der Waals surface area contributed by atoms with Crippen LogP contribution < -0.4 is 0 Å². The molecular weight excluding hydrogens is 312 g/mol. The van der Waals surface area contributed by atoms with Crippen LogP contribution in [0.25, 0.3) is 0 Å². The van der Waals surface area contributed by atoms with Crippen molar-refractivity contribution >= 4 is 11.9 Å². The molecule has 0 aromatic rings. The minimum Gasteiger partial charge on any atom is -0.433 e. The Morgan fingerprint density at radius 1 is 0.833 bits per heavy atom. The first-order valence-electron chi connectivity index (χ1n) is 8.77. The lowest BCUT2D eigenvalue weighted by atomic mass is 10.0. The standard InChI is InChI=1S/C18H32O6/c1-5-7-9-13(3)17(21)23-15(19)11-12-16(20)24-18(22)14(4)10-8-6-2/h11-14,17-18,21-22H,5-10H2,1-4H3/b12-11-. The van der Waals surface area contributed by atoms with Gasteiger partial charge in [-0.15, -0.1) is 0 Å². The predicted octanol–water partition coefficient (Wildman–Crippen LogP) is 2.92. The summed E-state index contributed by atoms with van der Waals surface area (Å²) in [6.07, 6.45) is 4.73. The Morgan fingerprint density at radius 2 is 1.17 bits per heavy atom. The maximum Gasteiger partial charge on any atom is 0.333 e. The minimum absolute atomic E-state index is 0.171. The van der Waals surface area contributed by atoms with Gasteiger partial charge in [0.15, 0.2) is 0 Å². The number of carbonyl (C=O) groups is 2. The molecule has 0 aliphatic carbocycles. The molecule has 4 unspecified atom stereocenters. The van der Waals surface area contributed by atoms with Gasteiger partial charge in [-0.1, -0.05) is 53.4 Å². The van der Waals surface area contributed by atoms with Gasteiger partial charge in [0, 0.05) is 24.0 Å². The average Bonchev–Trinajstić information content (AvgIpc) is 2.55. The molecule has 0 heterocycles. The number of carbonyl (C=O) groups excluding carboxylic acids is 2. The second-order valence-corrected chi connectivity index (χ2v) is 6.23. The first kappa shape index (κ1) is 22.6. The zero-order chi connectivity index (χ0) is 18.5. The van der Waals surface area contributed by atoms with Crippen molar-refractivity contribution in [3.8, 4) is 0 Å². The van der Waals surface area contributed by atoms with E-state index in [1.165, 1.54) is 0 Å². The summed E-state index contributed by atoms with van der Waals surface area (Å²) in [6.45, 7) is 7.66. The molecule has 4 atom stereocenters. The maximum atomic E-state index is 11.6. The topological polar surface area (TPSA) is 93.1 Å². The summed E-state index contributed by atoms with van der Waals surface area (Å²) >= 11 is 0. The van der Waals surface area contributed by atoms with Crippen molar-refractivity contribution in [1.29, 1.82) is 0 Å². The maximum absolute atomic E-state index is 11.6. The highest BCUT2D eigenvalue weighted by Gasteiger charge is 2.19. The van der Waals surface area contributed by atoms with Crippen LogP contribution in [0.4, 0.5) is 0 Å². The molecule has 0 aromatic carbocycles. The summed E-state index contributed by atoms with van der Waals surface area (Å²) in [5.41, 5.74) is 0. The van der Waals surface area contributed by atoms with Crippen molar-refractivity contribution in [1.82, 2.24) is 0 Å². The normalized spacial score (nSPS) is 16.4. The van der Waals surface area contributed by atoms with Crippen molar-refractivity contribution < 1.29 is 29.3 Å². The fraction of sp³-hybridized carbons (Fsp3) is 0.778. The van der Waals surface area contributed by atoms with Crippen molar-refractivity contribution in [3.05, 3.63) is 12.2 Å². The van der Waals surface area contributed by atoms with Gasteiger partial charge in [-0.2, -0.15) is 0 Å². The van der Waals surface area contributed by atoms with E-state index in [1.807, 2.05) is 13.8 Å². The Morgan fingerprint density at radius 3 is 1.46 bits per heavy atom. The van der Waals surface area contributed by atoms with Gasteiger partial charge in [-0.25, -0.2) is 9.59 Å². The summed E-state index contributed by atoms with van der Waals surface area (Å²) in [5.74, 6) is -1.99. The van der Waals surface area contributed by atoms with Gasteiger partial charge in [0.1, 0.15) is 0 Å². The van der Waals surface area contributed by atoms with Gasteiger partial charge in [0.2, 0.25) is 12.6 Å². The van der Waals surface area contributed by atoms with Crippen LogP contribution in [0.15, 0.2) is 12.2 Å². The average molecular weight is 344 g/mol. The van der Waals surface area contributed by atoms with E-state index in [0.29, 0.717) is 0 Å². The summed E-state index contributed by atoms with van der Waals surface area (Å²) in [6, 6.07) is 0. The number of aliphatic hydroxyl groups excluding tert-OH is 2. The summed E-state index contributed by atoms with van der Waals surface area (Å²) in [7, 11) is 0. The highest BCUT2D eigenvalue weighted by atomic mass is 16.6. The molecule has 140 valence electrons. The van der Waals surface area contributed by atoms with Crippen molar-refractivity contribution in [2.24, 2.45) is 11.8 Å². The molecule has 2 N–H and O–H groups in total. The SMILES string of the molecule is CCCCC(C)C(O)OC(=O)/C=C\C(=O)OC(O)C(C)CCCC. The fourth-order valence-electron chi connectivity index (χ4n) is 2.02. The van der Waals surface area contributed by atoms with Crippen LogP contribution in [0, 0.1) is 11.8 Å². The second-order valence-electron chi connectivity index (χ2n) is 6.23. The van der Waals surface area contributed by atoms with Gasteiger partial charge >= 0.3 is 11.9 Å². The first-order chi connectivity index (χ1) is 11.3. The molecule has 0 aliphatic heterocycles. The fourth-order valence-corrected chi connectivity index (χ4v) is 2.02. The van der Waals surface area contributed by atoms with Crippen molar-refractivity contribution in [3.63, 3.8) is 0 Å². The molecule has 0 saturated carbocycles. The molecule has 0 radical (unpaired) electrons. The van der Waals surface area contributed by atoms with Crippen LogP contribution in [0.5, 0.6) is 0 Å². The lowest BCUT2D eigenvalue weighted by Gasteiger charge is -2.18. The van der Waals surface area contributed by atoms with Crippen molar-refractivity contribution in [2.45, 2.75) is 78.8 Å². The highest BCUT2D eigenvalue weighted by Crippen LogP contribution is 2.14. The molecule has 0 amide bonds. The van der Waals surface area contributed by atoms with Crippen LogP contribution in [0.1, 0.15) is 66.2 Å². The number of unbranched alkanes of at least 4 members (excludes halogenated alkanes) is 2. The largest absolute Gasteiger partial charge is 0.433 e. The summed E-state index contributed by atoms with van der Waals surface area (Å²) < 4.78 is 9.65. The summed E-state index contributed by atoms with van der Waals surface area (Å²) in [4.78, 5) is 23.1. The number of esters is 2. The third-order valence-corrected chi connectivity index (χ3v) is 3.83. The van der Waals surface area contributed by atoms with E-state index in [9.17, 15) is 19.8 Å². The van der Waals surface area contributed by atoms with Gasteiger partial charge in [0.25, 0.3) is 0 Å².